The number of hydrogen-bond donors (Lipinski definition) is 0. The Bertz CT molecular complexity index is 34.1. The van der Waals surface area contributed by atoms with Crippen LogP contribution in [0.1, 0.15) is 6.92 Å². The Morgan fingerprint density at radius 2 is 2.00 bits per heavy atom. The average Bonchev–Trinajstić information content (AvgIpc) is 1.35. The van der Waals surface area contributed by atoms with Gasteiger partial charge in [0.2, 0.25) is 0 Å². The SMILES string of the molecule is CCOP([O-])[O-].[Cu+]. The zero-order chi connectivity index (χ0) is 4.99. The minimum Gasteiger partial charge on any atom is -0.820 e. The Hall–Kier alpha value is 0.829. The van der Waals surface area contributed by atoms with Crippen molar-refractivity contribution < 1.29 is 31.4 Å². The van der Waals surface area contributed by atoms with Gasteiger partial charge in [0.1, 0.15) is 0 Å². The van der Waals surface area contributed by atoms with Gasteiger partial charge in [0, 0.05) is 6.61 Å². The first-order valence-corrected chi connectivity index (χ1v) is 2.64. The maximum atomic E-state index is 9.41. The first-order chi connectivity index (χ1) is 2.77. The molecule has 0 bridgehead atoms. The molecule has 0 saturated heterocycles. The van der Waals surface area contributed by atoms with E-state index >= 15 is 0 Å². The summed E-state index contributed by atoms with van der Waals surface area (Å²) in [5, 5.41) is 0. The third-order valence-electron chi connectivity index (χ3n) is 0.235. The van der Waals surface area contributed by atoms with Crippen molar-refractivity contribution in [3.8, 4) is 0 Å². The van der Waals surface area contributed by atoms with Crippen LogP contribution < -0.4 is 9.79 Å². The molecule has 0 saturated carbocycles. The molecule has 0 unspecified atom stereocenters. The van der Waals surface area contributed by atoms with Crippen molar-refractivity contribution in [2.75, 3.05) is 6.61 Å². The summed E-state index contributed by atoms with van der Waals surface area (Å²) in [6.07, 6.45) is 0. The van der Waals surface area contributed by atoms with Crippen LogP contribution in [-0.4, -0.2) is 6.61 Å². The first kappa shape index (κ1) is 10.7. The van der Waals surface area contributed by atoms with Gasteiger partial charge in [-0.05, 0) is 6.92 Å². The van der Waals surface area contributed by atoms with Crippen molar-refractivity contribution in [2.45, 2.75) is 6.92 Å². The predicted molar refractivity (Wildman–Crippen MR) is 18.5 cm³/mol. The number of rotatable bonds is 2. The quantitative estimate of drug-likeness (QED) is 0.394. The van der Waals surface area contributed by atoms with Crippen LogP contribution in [0.25, 0.3) is 0 Å². The molecule has 0 fully saturated rings. The zero-order valence-corrected chi connectivity index (χ0v) is 5.52. The van der Waals surface area contributed by atoms with Crippen molar-refractivity contribution in [1.82, 2.24) is 0 Å². The van der Waals surface area contributed by atoms with Crippen LogP contribution in [0.3, 0.4) is 0 Å². The summed E-state index contributed by atoms with van der Waals surface area (Å²) in [5.41, 5.74) is 0. The van der Waals surface area contributed by atoms with Crippen LogP contribution in [0.15, 0.2) is 0 Å². The summed E-state index contributed by atoms with van der Waals surface area (Å²) in [5.74, 6) is 0. The molecule has 48 valence electrons. The molecule has 3 nitrogen and oxygen atoms in total. The molecule has 0 radical (unpaired) electrons. The fourth-order valence-electron chi connectivity index (χ4n) is 0.105. The summed E-state index contributed by atoms with van der Waals surface area (Å²) < 4.78 is 4.00. The molecule has 0 heterocycles. The average molecular weight is 172 g/mol. The molecule has 0 aliphatic rings. The molecular formula is C2H5CuO3P-. The fraction of sp³-hybridized carbons (Fsp3) is 1.00. The van der Waals surface area contributed by atoms with Gasteiger partial charge in [0.25, 0.3) is 0 Å². The van der Waals surface area contributed by atoms with Crippen LogP contribution in [0.2, 0.25) is 0 Å². The van der Waals surface area contributed by atoms with Crippen LogP contribution in [-0.2, 0) is 21.6 Å². The zero-order valence-electron chi connectivity index (χ0n) is 3.68. The summed E-state index contributed by atoms with van der Waals surface area (Å²) in [6.45, 7) is 1.85. The monoisotopic (exact) mass is 171 g/mol. The van der Waals surface area contributed by atoms with Gasteiger partial charge in [0.05, 0.1) is 0 Å². The predicted octanol–water partition coefficient (Wildman–Crippen LogP) is -1.03. The summed E-state index contributed by atoms with van der Waals surface area (Å²) in [6, 6.07) is 0. The molecule has 0 amide bonds. The van der Waals surface area contributed by atoms with E-state index in [4.69, 9.17) is 0 Å². The van der Waals surface area contributed by atoms with Crippen LogP contribution in [0, 0.1) is 0 Å². The topological polar surface area (TPSA) is 55.3 Å². The second-order valence-corrected chi connectivity index (χ2v) is 1.35. The molecular weight excluding hydrogens is 167 g/mol. The molecule has 0 atom stereocenters. The van der Waals surface area contributed by atoms with Gasteiger partial charge >= 0.3 is 17.1 Å². The van der Waals surface area contributed by atoms with Gasteiger partial charge in [-0.1, -0.05) is 0 Å². The van der Waals surface area contributed by atoms with Crippen LogP contribution in [0.5, 0.6) is 0 Å². The molecule has 0 N–H and O–H groups in total. The van der Waals surface area contributed by atoms with E-state index in [2.05, 4.69) is 4.52 Å². The Kier molecular flexibility index (Phi) is 10.5. The third kappa shape index (κ3) is 10.9. The minimum atomic E-state index is -2.60. The summed E-state index contributed by atoms with van der Waals surface area (Å²) in [7, 11) is -2.60. The van der Waals surface area contributed by atoms with Crippen LogP contribution in [0.4, 0.5) is 0 Å². The second-order valence-electron chi connectivity index (χ2n) is 0.641. The van der Waals surface area contributed by atoms with Gasteiger partial charge in [0.15, 0.2) is 0 Å². The molecule has 0 rings (SSSR count). The largest absolute Gasteiger partial charge is 1.00 e. The van der Waals surface area contributed by atoms with E-state index in [-0.39, 0.29) is 23.7 Å². The van der Waals surface area contributed by atoms with E-state index < -0.39 is 8.60 Å². The van der Waals surface area contributed by atoms with E-state index in [1.165, 1.54) is 0 Å². The van der Waals surface area contributed by atoms with E-state index in [9.17, 15) is 9.79 Å². The Morgan fingerprint density at radius 1 is 1.57 bits per heavy atom. The Balaban J connectivity index is 0. The molecule has 0 aromatic carbocycles. The molecule has 0 aliphatic carbocycles. The van der Waals surface area contributed by atoms with Gasteiger partial charge in [-0.25, -0.2) is 0 Å². The van der Waals surface area contributed by atoms with Crippen molar-refractivity contribution in [2.24, 2.45) is 0 Å². The summed E-state index contributed by atoms with van der Waals surface area (Å²) >= 11 is 0. The van der Waals surface area contributed by atoms with E-state index in [1.54, 1.807) is 6.92 Å². The second kappa shape index (κ2) is 6.83. The smallest absolute Gasteiger partial charge is 0.820 e. The van der Waals surface area contributed by atoms with Crippen molar-refractivity contribution in [3.63, 3.8) is 0 Å². The van der Waals surface area contributed by atoms with Gasteiger partial charge in [-0.2, -0.15) is 8.60 Å². The third-order valence-corrected chi connectivity index (χ3v) is 0.704. The van der Waals surface area contributed by atoms with Gasteiger partial charge in [-0.15, -0.1) is 0 Å². The Morgan fingerprint density at radius 3 is 2.00 bits per heavy atom. The Labute approximate surface area is 54.2 Å². The van der Waals surface area contributed by atoms with Crippen molar-refractivity contribution in [3.05, 3.63) is 0 Å². The molecule has 0 spiro atoms. The fourth-order valence-corrected chi connectivity index (χ4v) is 0.316. The maximum absolute atomic E-state index is 9.41. The standard InChI is InChI=1S/C2H5O3P.Cu/c1-2-5-6(3)4;/h2H2,1H3;/q-2;+1. The van der Waals surface area contributed by atoms with Crippen molar-refractivity contribution in [1.29, 1.82) is 0 Å². The molecule has 0 aliphatic heterocycles. The van der Waals surface area contributed by atoms with E-state index in [1.807, 2.05) is 0 Å². The van der Waals surface area contributed by atoms with Gasteiger partial charge < -0.3 is 14.3 Å². The molecule has 7 heavy (non-hydrogen) atoms. The summed E-state index contributed by atoms with van der Waals surface area (Å²) in [4.78, 5) is 18.8. The van der Waals surface area contributed by atoms with Crippen molar-refractivity contribution >= 4 is 8.60 Å². The van der Waals surface area contributed by atoms with E-state index in [0.717, 1.165) is 0 Å². The molecule has 0 aromatic heterocycles. The number of hydrogen-bond acceptors (Lipinski definition) is 3. The normalized spacial score (nSPS) is 8.57. The minimum absolute atomic E-state index is 0. The molecule has 5 heteroatoms. The first-order valence-electron chi connectivity index (χ1n) is 1.54. The maximum Gasteiger partial charge on any atom is 1.00 e. The van der Waals surface area contributed by atoms with Gasteiger partial charge in [-0.3, -0.25) is 0 Å². The van der Waals surface area contributed by atoms with Crippen LogP contribution >= 0.6 is 8.60 Å². The molecule has 0 aromatic rings. The van der Waals surface area contributed by atoms with E-state index in [0.29, 0.717) is 0 Å².